The molecule has 0 aliphatic carbocycles. The van der Waals surface area contributed by atoms with Crippen LogP contribution in [0.3, 0.4) is 0 Å². The molecule has 0 unspecified atom stereocenters. The van der Waals surface area contributed by atoms with Gasteiger partial charge in [-0.2, -0.15) is 0 Å². The van der Waals surface area contributed by atoms with Gasteiger partial charge in [0.15, 0.2) is 0 Å². The van der Waals surface area contributed by atoms with Crippen molar-refractivity contribution < 1.29 is 0 Å². The van der Waals surface area contributed by atoms with Crippen molar-refractivity contribution in [3.8, 4) is 11.1 Å². The largest absolute Gasteiger partial charge is 0.358 e. The topological polar surface area (TPSA) is 15.8 Å². The molecular formula is C17H17N. The summed E-state index contributed by atoms with van der Waals surface area (Å²) in [6.07, 6.45) is 2.30. The molecule has 1 nitrogen and oxygen atoms in total. The molecule has 0 spiro atoms. The first-order valence-electron chi connectivity index (χ1n) is 6.54. The molecule has 0 saturated carbocycles. The van der Waals surface area contributed by atoms with E-state index in [1.165, 1.54) is 34.1 Å². The highest BCUT2D eigenvalue weighted by atomic mass is 14.7. The second-order valence-corrected chi connectivity index (χ2v) is 4.71. The lowest BCUT2D eigenvalue weighted by molar-refractivity contribution is 0.896. The molecule has 1 N–H and O–H groups in total. The Morgan fingerprint density at radius 1 is 0.889 bits per heavy atom. The molecule has 0 atom stereocenters. The minimum absolute atomic E-state index is 1.12. The van der Waals surface area contributed by atoms with Gasteiger partial charge in [0.1, 0.15) is 0 Å². The molecule has 0 aliphatic heterocycles. The molecule has 3 aromatic rings. The van der Waals surface area contributed by atoms with Crippen LogP contribution in [0.1, 0.15) is 19.0 Å². The zero-order valence-corrected chi connectivity index (χ0v) is 10.6. The van der Waals surface area contributed by atoms with Crippen LogP contribution in [0, 0.1) is 0 Å². The van der Waals surface area contributed by atoms with Crippen molar-refractivity contribution in [2.45, 2.75) is 19.8 Å². The first kappa shape index (κ1) is 11.1. The Morgan fingerprint density at radius 3 is 2.50 bits per heavy atom. The summed E-state index contributed by atoms with van der Waals surface area (Å²) in [6, 6.07) is 19.4. The Balaban J connectivity index is 2.05. The van der Waals surface area contributed by atoms with Gasteiger partial charge < -0.3 is 4.98 Å². The monoisotopic (exact) mass is 235 g/mol. The van der Waals surface area contributed by atoms with E-state index in [-0.39, 0.29) is 0 Å². The van der Waals surface area contributed by atoms with Crippen LogP contribution in [0.4, 0.5) is 0 Å². The number of nitrogens with one attached hydrogen (secondary N) is 1. The summed E-state index contributed by atoms with van der Waals surface area (Å²) in [6.45, 7) is 2.21. The van der Waals surface area contributed by atoms with Crippen LogP contribution in [0.2, 0.25) is 0 Å². The van der Waals surface area contributed by atoms with Crippen molar-refractivity contribution in [1.29, 1.82) is 0 Å². The number of hydrogen-bond donors (Lipinski definition) is 1. The van der Waals surface area contributed by atoms with Crippen molar-refractivity contribution in [1.82, 2.24) is 4.98 Å². The van der Waals surface area contributed by atoms with E-state index < -0.39 is 0 Å². The maximum Gasteiger partial charge on any atom is 0.0462 e. The number of aromatic nitrogens is 1. The van der Waals surface area contributed by atoms with E-state index in [1.54, 1.807) is 0 Å². The summed E-state index contributed by atoms with van der Waals surface area (Å²) < 4.78 is 0. The standard InChI is InChI=1S/C17H17N/c1-2-6-16-11-15-10-9-14(12-17(15)18-16)13-7-4-3-5-8-13/h3-5,7-12,18H,2,6H2,1H3. The Kier molecular flexibility index (Phi) is 2.89. The van der Waals surface area contributed by atoms with Crippen molar-refractivity contribution >= 4 is 10.9 Å². The van der Waals surface area contributed by atoms with Crippen LogP contribution in [0.5, 0.6) is 0 Å². The first-order valence-corrected chi connectivity index (χ1v) is 6.54. The molecule has 1 aromatic heterocycles. The van der Waals surface area contributed by atoms with Crippen molar-refractivity contribution in [2.24, 2.45) is 0 Å². The van der Waals surface area contributed by atoms with Crippen LogP contribution in [0.15, 0.2) is 54.6 Å². The molecule has 0 amide bonds. The molecule has 0 radical (unpaired) electrons. The van der Waals surface area contributed by atoms with E-state index in [0.717, 1.165) is 6.42 Å². The predicted octanol–water partition coefficient (Wildman–Crippen LogP) is 4.79. The fourth-order valence-corrected chi connectivity index (χ4v) is 2.40. The van der Waals surface area contributed by atoms with Gasteiger partial charge in [-0.25, -0.2) is 0 Å². The van der Waals surface area contributed by atoms with Crippen LogP contribution in [-0.2, 0) is 6.42 Å². The summed E-state index contributed by atoms with van der Waals surface area (Å²) in [5.74, 6) is 0. The number of hydrogen-bond acceptors (Lipinski definition) is 0. The summed E-state index contributed by atoms with van der Waals surface area (Å²) in [5, 5.41) is 1.30. The highest BCUT2D eigenvalue weighted by Crippen LogP contribution is 2.24. The average Bonchev–Trinajstić information content (AvgIpc) is 2.81. The molecule has 0 bridgehead atoms. The van der Waals surface area contributed by atoms with Crippen LogP contribution < -0.4 is 0 Å². The van der Waals surface area contributed by atoms with E-state index in [9.17, 15) is 0 Å². The second-order valence-electron chi connectivity index (χ2n) is 4.71. The Labute approximate surface area is 107 Å². The number of aryl methyl sites for hydroxylation is 1. The van der Waals surface area contributed by atoms with E-state index in [0.29, 0.717) is 0 Å². The smallest absolute Gasteiger partial charge is 0.0462 e. The Morgan fingerprint density at radius 2 is 1.72 bits per heavy atom. The lowest BCUT2D eigenvalue weighted by Gasteiger charge is -2.01. The lowest BCUT2D eigenvalue weighted by Crippen LogP contribution is -1.80. The van der Waals surface area contributed by atoms with Crippen molar-refractivity contribution in [3.63, 3.8) is 0 Å². The lowest BCUT2D eigenvalue weighted by atomic mass is 10.0. The van der Waals surface area contributed by atoms with Crippen molar-refractivity contribution in [2.75, 3.05) is 0 Å². The van der Waals surface area contributed by atoms with Crippen LogP contribution in [-0.4, -0.2) is 4.98 Å². The zero-order chi connectivity index (χ0) is 12.4. The van der Waals surface area contributed by atoms with Crippen molar-refractivity contribution in [3.05, 3.63) is 60.3 Å². The van der Waals surface area contributed by atoms with Gasteiger partial charge in [-0.3, -0.25) is 0 Å². The van der Waals surface area contributed by atoms with Crippen LogP contribution >= 0.6 is 0 Å². The van der Waals surface area contributed by atoms with Gasteiger partial charge in [0.2, 0.25) is 0 Å². The molecule has 18 heavy (non-hydrogen) atoms. The maximum atomic E-state index is 3.51. The van der Waals surface area contributed by atoms with Gasteiger partial charge in [0.25, 0.3) is 0 Å². The molecule has 1 heteroatoms. The summed E-state index contributed by atoms with van der Waals surface area (Å²) in [4.78, 5) is 3.51. The van der Waals surface area contributed by atoms with E-state index in [2.05, 4.69) is 66.5 Å². The maximum absolute atomic E-state index is 3.51. The predicted molar refractivity (Wildman–Crippen MR) is 77.7 cm³/mol. The number of fused-ring (bicyclic) bond motifs is 1. The number of benzene rings is 2. The van der Waals surface area contributed by atoms with Gasteiger partial charge >= 0.3 is 0 Å². The molecule has 3 rings (SSSR count). The van der Waals surface area contributed by atoms with Gasteiger partial charge in [-0.05, 0) is 35.1 Å². The molecular weight excluding hydrogens is 218 g/mol. The highest BCUT2D eigenvalue weighted by molar-refractivity contribution is 5.85. The average molecular weight is 235 g/mol. The number of H-pyrrole nitrogens is 1. The van der Waals surface area contributed by atoms with Gasteiger partial charge in [-0.15, -0.1) is 0 Å². The minimum atomic E-state index is 1.12. The van der Waals surface area contributed by atoms with E-state index in [1.807, 2.05) is 0 Å². The SMILES string of the molecule is CCCc1cc2ccc(-c3ccccc3)cc2[nH]1. The number of aromatic amines is 1. The second kappa shape index (κ2) is 4.69. The Hall–Kier alpha value is -2.02. The summed E-state index contributed by atoms with van der Waals surface area (Å²) in [5.41, 5.74) is 5.11. The number of rotatable bonds is 3. The van der Waals surface area contributed by atoms with E-state index >= 15 is 0 Å². The third-order valence-electron chi connectivity index (χ3n) is 3.30. The van der Waals surface area contributed by atoms with Gasteiger partial charge in [0.05, 0.1) is 0 Å². The van der Waals surface area contributed by atoms with Gasteiger partial charge in [0, 0.05) is 11.2 Å². The molecule has 1 heterocycles. The normalized spacial score (nSPS) is 10.9. The van der Waals surface area contributed by atoms with E-state index in [4.69, 9.17) is 0 Å². The molecule has 0 fully saturated rings. The third-order valence-corrected chi connectivity index (χ3v) is 3.30. The fourth-order valence-electron chi connectivity index (χ4n) is 2.40. The summed E-state index contributed by atoms with van der Waals surface area (Å²) in [7, 11) is 0. The molecule has 0 saturated heterocycles. The molecule has 0 aliphatic rings. The zero-order valence-electron chi connectivity index (χ0n) is 10.6. The molecule has 2 aromatic carbocycles. The Bertz CT molecular complexity index is 650. The fraction of sp³-hybridized carbons (Fsp3) is 0.176. The minimum Gasteiger partial charge on any atom is -0.358 e. The first-order chi connectivity index (χ1) is 8.86. The van der Waals surface area contributed by atoms with Crippen LogP contribution in [0.25, 0.3) is 22.0 Å². The molecule has 90 valence electrons. The third kappa shape index (κ3) is 2.04. The summed E-state index contributed by atoms with van der Waals surface area (Å²) >= 11 is 0. The quantitative estimate of drug-likeness (QED) is 0.672. The van der Waals surface area contributed by atoms with Gasteiger partial charge in [-0.1, -0.05) is 55.8 Å². The highest BCUT2D eigenvalue weighted by Gasteiger charge is 2.02.